The quantitative estimate of drug-likeness (QED) is 0.729. The van der Waals surface area contributed by atoms with E-state index in [-0.39, 0.29) is 0 Å². The second kappa shape index (κ2) is 6.10. The molecule has 3 heteroatoms. The van der Waals surface area contributed by atoms with Gasteiger partial charge in [-0.25, -0.2) is 4.98 Å². The van der Waals surface area contributed by atoms with Gasteiger partial charge in [0.15, 0.2) is 0 Å². The minimum Gasteiger partial charge on any atom is -0.381 e. The third-order valence-corrected chi connectivity index (χ3v) is 4.30. The summed E-state index contributed by atoms with van der Waals surface area (Å²) in [5.41, 5.74) is 5.98. The Kier molecular flexibility index (Phi) is 4.02. The zero-order chi connectivity index (χ0) is 14.7. The Balaban J connectivity index is 1.76. The number of aromatic nitrogens is 1. The molecular weight excluding hydrogens is 276 g/mol. The van der Waals surface area contributed by atoms with Crippen molar-refractivity contribution in [2.45, 2.75) is 20.4 Å². The first-order chi connectivity index (χ1) is 10.2. The van der Waals surface area contributed by atoms with Gasteiger partial charge in [-0.1, -0.05) is 36.4 Å². The van der Waals surface area contributed by atoms with Gasteiger partial charge in [-0.05, 0) is 37.1 Å². The van der Waals surface area contributed by atoms with Gasteiger partial charge in [0.1, 0.15) is 0 Å². The molecule has 2 aromatic carbocycles. The van der Waals surface area contributed by atoms with Crippen LogP contribution >= 0.6 is 11.3 Å². The Hall–Kier alpha value is -2.13. The topological polar surface area (TPSA) is 24.9 Å². The molecule has 1 N–H and O–H groups in total. The number of hydrogen-bond donors (Lipinski definition) is 1. The van der Waals surface area contributed by atoms with E-state index >= 15 is 0 Å². The smallest absolute Gasteiger partial charge is 0.0901 e. The number of nitrogens with one attached hydrogen (secondary N) is 1. The molecule has 0 saturated heterocycles. The number of rotatable bonds is 4. The molecule has 3 rings (SSSR count). The van der Waals surface area contributed by atoms with Gasteiger partial charge in [-0.2, -0.15) is 0 Å². The highest BCUT2D eigenvalue weighted by atomic mass is 32.1. The molecule has 106 valence electrons. The van der Waals surface area contributed by atoms with E-state index in [4.69, 9.17) is 0 Å². The molecule has 21 heavy (non-hydrogen) atoms. The molecule has 2 nitrogen and oxygen atoms in total. The molecule has 1 aromatic heterocycles. The maximum Gasteiger partial charge on any atom is 0.0901 e. The van der Waals surface area contributed by atoms with Crippen molar-refractivity contribution in [2.24, 2.45) is 0 Å². The molecule has 0 amide bonds. The highest BCUT2D eigenvalue weighted by Crippen LogP contribution is 2.24. The van der Waals surface area contributed by atoms with Crippen molar-refractivity contribution in [1.82, 2.24) is 4.98 Å². The van der Waals surface area contributed by atoms with Crippen molar-refractivity contribution in [3.8, 4) is 11.3 Å². The van der Waals surface area contributed by atoms with E-state index in [2.05, 4.69) is 71.1 Å². The summed E-state index contributed by atoms with van der Waals surface area (Å²) in [6.07, 6.45) is 0. The Morgan fingerprint density at radius 2 is 1.90 bits per heavy atom. The van der Waals surface area contributed by atoms with Crippen LogP contribution in [0.25, 0.3) is 11.3 Å². The average Bonchev–Trinajstić information content (AvgIpc) is 2.93. The number of thiazole rings is 1. The van der Waals surface area contributed by atoms with Crippen LogP contribution in [-0.4, -0.2) is 4.98 Å². The lowest BCUT2D eigenvalue weighted by molar-refractivity contribution is 1.12. The Morgan fingerprint density at radius 1 is 1.05 bits per heavy atom. The van der Waals surface area contributed by atoms with Crippen molar-refractivity contribution in [1.29, 1.82) is 0 Å². The maximum absolute atomic E-state index is 4.55. The summed E-state index contributed by atoms with van der Waals surface area (Å²) in [5.74, 6) is 0. The largest absolute Gasteiger partial charge is 0.381 e. The van der Waals surface area contributed by atoms with Crippen LogP contribution in [0.1, 0.15) is 16.1 Å². The van der Waals surface area contributed by atoms with Crippen molar-refractivity contribution in [2.75, 3.05) is 5.32 Å². The summed E-state index contributed by atoms with van der Waals surface area (Å²) >= 11 is 1.69. The summed E-state index contributed by atoms with van der Waals surface area (Å²) in [7, 11) is 0. The van der Waals surface area contributed by atoms with Crippen molar-refractivity contribution in [3.05, 3.63) is 70.0 Å². The van der Waals surface area contributed by atoms with E-state index in [1.54, 1.807) is 11.3 Å². The standard InChI is InChI=1S/C18H18N2S/c1-13-6-3-4-7-16(13)11-19-17-9-5-8-15(10-17)18-12-21-14(2)20-18/h3-10,12,19H,11H2,1-2H3. The number of hydrogen-bond acceptors (Lipinski definition) is 3. The Bertz CT molecular complexity index is 746. The summed E-state index contributed by atoms with van der Waals surface area (Å²) in [5, 5.41) is 6.70. The van der Waals surface area contributed by atoms with Crippen LogP contribution in [0, 0.1) is 13.8 Å². The van der Waals surface area contributed by atoms with Gasteiger partial charge in [-0.15, -0.1) is 11.3 Å². The highest BCUT2D eigenvalue weighted by Gasteiger charge is 2.03. The van der Waals surface area contributed by atoms with E-state index in [0.29, 0.717) is 0 Å². The fourth-order valence-corrected chi connectivity index (χ4v) is 2.91. The Morgan fingerprint density at radius 3 is 2.67 bits per heavy atom. The molecule has 3 aromatic rings. The predicted octanol–water partition coefficient (Wildman–Crippen LogP) is 5.04. The molecule has 0 aliphatic rings. The molecule has 0 aliphatic carbocycles. The summed E-state index contributed by atoms with van der Waals surface area (Å²) in [6, 6.07) is 16.9. The molecule has 0 aliphatic heterocycles. The van der Waals surface area contributed by atoms with Crippen LogP contribution in [-0.2, 0) is 6.54 Å². The van der Waals surface area contributed by atoms with Gasteiger partial charge in [-0.3, -0.25) is 0 Å². The zero-order valence-electron chi connectivity index (χ0n) is 12.3. The normalized spacial score (nSPS) is 10.6. The number of nitrogens with zero attached hydrogens (tertiary/aromatic N) is 1. The summed E-state index contributed by atoms with van der Waals surface area (Å²) in [6.45, 7) is 5.02. The molecule has 0 saturated carbocycles. The van der Waals surface area contributed by atoms with Gasteiger partial charge >= 0.3 is 0 Å². The van der Waals surface area contributed by atoms with Crippen LogP contribution in [0.15, 0.2) is 53.9 Å². The van der Waals surface area contributed by atoms with Crippen molar-refractivity contribution in [3.63, 3.8) is 0 Å². The van der Waals surface area contributed by atoms with Gasteiger partial charge in [0.05, 0.1) is 10.7 Å². The second-order valence-corrected chi connectivity index (χ2v) is 6.17. The third kappa shape index (κ3) is 3.31. The van der Waals surface area contributed by atoms with E-state index in [1.165, 1.54) is 11.1 Å². The first-order valence-corrected chi connectivity index (χ1v) is 7.91. The van der Waals surface area contributed by atoms with Crippen LogP contribution in [0.5, 0.6) is 0 Å². The summed E-state index contributed by atoms with van der Waals surface area (Å²) in [4.78, 5) is 4.55. The SMILES string of the molecule is Cc1nc(-c2cccc(NCc3ccccc3C)c2)cs1. The van der Waals surface area contributed by atoms with E-state index in [9.17, 15) is 0 Å². The fraction of sp³-hybridized carbons (Fsp3) is 0.167. The minimum absolute atomic E-state index is 0.840. The van der Waals surface area contributed by atoms with Crippen LogP contribution in [0.2, 0.25) is 0 Å². The second-order valence-electron chi connectivity index (χ2n) is 5.11. The molecular formula is C18H18N2S. The molecule has 1 heterocycles. The van der Waals surface area contributed by atoms with Crippen LogP contribution < -0.4 is 5.32 Å². The van der Waals surface area contributed by atoms with Crippen molar-refractivity contribution >= 4 is 17.0 Å². The highest BCUT2D eigenvalue weighted by molar-refractivity contribution is 7.09. The van der Waals surface area contributed by atoms with Crippen LogP contribution in [0.3, 0.4) is 0 Å². The molecule has 0 spiro atoms. The van der Waals surface area contributed by atoms with E-state index < -0.39 is 0 Å². The van der Waals surface area contributed by atoms with Crippen molar-refractivity contribution < 1.29 is 0 Å². The third-order valence-electron chi connectivity index (χ3n) is 3.52. The molecule has 0 atom stereocenters. The first-order valence-electron chi connectivity index (χ1n) is 7.03. The van der Waals surface area contributed by atoms with E-state index in [1.807, 2.05) is 6.92 Å². The summed E-state index contributed by atoms with van der Waals surface area (Å²) < 4.78 is 0. The lowest BCUT2D eigenvalue weighted by Gasteiger charge is -2.09. The lowest BCUT2D eigenvalue weighted by Crippen LogP contribution is -2.01. The van der Waals surface area contributed by atoms with Gasteiger partial charge < -0.3 is 5.32 Å². The molecule has 0 radical (unpaired) electrons. The average molecular weight is 294 g/mol. The maximum atomic E-state index is 4.55. The van der Waals surface area contributed by atoms with Gasteiger partial charge in [0.25, 0.3) is 0 Å². The molecule has 0 fully saturated rings. The number of benzene rings is 2. The fourth-order valence-electron chi connectivity index (χ4n) is 2.29. The van der Waals surface area contributed by atoms with E-state index in [0.717, 1.165) is 28.5 Å². The Labute approximate surface area is 129 Å². The zero-order valence-corrected chi connectivity index (χ0v) is 13.1. The first kappa shape index (κ1) is 13.8. The predicted molar refractivity (Wildman–Crippen MR) is 90.8 cm³/mol. The van der Waals surface area contributed by atoms with Gasteiger partial charge in [0, 0.05) is 23.2 Å². The van der Waals surface area contributed by atoms with Crippen LogP contribution in [0.4, 0.5) is 5.69 Å². The lowest BCUT2D eigenvalue weighted by atomic mass is 10.1. The van der Waals surface area contributed by atoms with Gasteiger partial charge in [0.2, 0.25) is 0 Å². The molecule has 0 unspecified atom stereocenters. The number of anilines is 1. The molecule has 0 bridgehead atoms. The number of aryl methyl sites for hydroxylation is 2. The monoisotopic (exact) mass is 294 g/mol. The minimum atomic E-state index is 0.840.